The van der Waals surface area contributed by atoms with Crippen molar-refractivity contribution in [2.75, 3.05) is 7.05 Å². The highest BCUT2D eigenvalue weighted by atomic mass is 16.2. The Kier molecular flexibility index (Phi) is 3.53. The third-order valence-corrected chi connectivity index (χ3v) is 4.26. The molecule has 92 valence electrons. The molecule has 3 unspecified atom stereocenters. The zero-order valence-corrected chi connectivity index (χ0v) is 10.7. The number of carbonyl (C=O) groups excluding carboxylic acids is 1. The first-order valence-electron chi connectivity index (χ1n) is 6.64. The van der Waals surface area contributed by atoms with E-state index in [1.807, 2.05) is 7.05 Å². The highest BCUT2D eigenvalue weighted by Crippen LogP contribution is 2.37. The predicted molar refractivity (Wildman–Crippen MR) is 65.2 cm³/mol. The molecule has 2 aliphatic rings. The molecule has 2 fully saturated rings. The summed E-state index contributed by atoms with van der Waals surface area (Å²) < 4.78 is 0. The number of nitrogens with zero attached hydrogens (tertiary/aromatic N) is 1. The second-order valence-electron chi connectivity index (χ2n) is 5.52. The molecule has 3 heteroatoms. The van der Waals surface area contributed by atoms with E-state index in [9.17, 15) is 4.79 Å². The van der Waals surface area contributed by atoms with Gasteiger partial charge < -0.3 is 10.2 Å². The molecule has 2 rings (SSSR count). The summed E-state index contributed by atoms with van der Waals surface area (Å²) in [7, 11) is 1.90. The van der Waals surface area contributed by atoms with E-state index in [0.717, 1.165) is 12.3 Å². The van der Waals surface area contributed by atoms with Crippen LogP contribution in [0.2, 0.25) is 0 Å². The molecule has 1 saturated carbocycles. The maximum atomic E-state index is 12.4. The summed E-state index contributed by atoms with van der Waals surface area (Å²) in [6, 6.07) is 0.908. The van der Waals surface area contributed by atoms with Crippen molar-refractivity contribution >= 4 is 5.91 Å². The van der Waals surface area contributed by atoms with Crippen molar-refractivity contribution in [3.8, 4) is 0 Å². The predicted octanol–water partition coefficient (Wildman–Crippen LogP) is 1.77. The van der Waals surface area contributed by atoms with Crippen molar-refractivity contribution in [3.05, 3.63) is 0 Å². The second kappa shape index (κ2) is 4.74. The van der Waals surface area contributed by atoms with Crippen LogP contribution in [-0.2, 0) is 4.79 Å². The van der Waals surface area contributed by atoms with Gasteiger partial charge in [-0.15, -0.1) is 0 Å². The van der Waals surface area contributed by atoms with Gasteiger partial charge in [-0.25, -0.2) is 0 Å². The minimum absolute atomic E-state index is 0.0491. The number of fused-ring (bicyclic) bond motifs is 1. The summed E-state index contributed by atoms with van der Waals surface area (Å²) in [5.74, 6) is 1.08. The first kappa shape index (κ1) is 11.9. The van der Waals surface area contributed by atoms with Gasteiger partial charge in [-0.1, -0.05) is 6.42 Å². The molecule has 1 aliphatic heterocycles. The van der Waals surface area contributed by atoms with Crippen LogP contribution in [0.15, 0.2) is 0 Å². The molecule has 0 aromatic rings. The van der Waals surface area contributed by atoms with Crippen LogP contribution in [0.25, 0.3) is 0 Å². The summed E-state index contributed by atoms with van der Waals surface area (Å²) in [5.41, 5.74) is 0. The van der Waals surface area contributed by atoms with Crippen molar-refractivity contribution in [2.45, 2.75) is 64.1 Å². The molecule has 0 bridgehead atoms. The van der Waals surface area contributed by atoms with Crippen LogP contribution in [0.5, 0.6) is 0 Å². The average Bonchev–Trinajstić information content (AvgIpc) is 2.62. The maximum Gasteiger partial charge on any atom is 0.240 e. The van der Waals surface area contributed by atoms with Crippen molar-refractivity contribution in [1.82, 2.24) is 10.2 Å². The lowest BCUT2D eigenvalue weighted by Crippen LogP contribution is -2.51. The highest BCUT2D eigenvalue weighted by Gasteiger charge is 2.40. The third-order valence-electron chi connectivity index (χ3n) is 4.26. The fraction of sp³-hybridized carbons (Fsp3) is 0.923. The lowest BCUT2D eigenvalue weighted by Gasteiger charge is -2.35. The Bertz CT molecular complexity index is 265. The monoisotopic (exact) mass is 224 g/mol. The summed E-state index contributed by atoms with van der Waals surface area (Å²) >= 11 is 0. The molecule has 0 radical (unpaired) electrons. The molecule has 1 heterocycles. The number of hydrogen-bond donors (Lipinski definition) is 1. The molecule has 1 saturated heterocycles. The van der Waals surface area contributed by atoms with E-state index in [1.54, 1.807) is 0 Å². The Morgan fingerprint density at radius 1 is 1.25 bits per heavy atom. The molecule has 0 spiro atoms. The fourth-order valence-electron chi connectivity index (χ4n) is 3.47. The molecule has 16 heavy (non-hydrogen) atoms. The summed E-state index contributed by atoms with van der Waals surface area (Å²) in [5, 5.41) is 3.18. The molecule has 1 amide bonds. The fourth-order valence-corrected chi connectivity index (χ4v) is 3.47. The van der Waals surface area contributed by atoms with E-state index in [-0.39, 0.29) is 6.04 Å². The Balaban J connectivity index is 2.22. The molecule has 0 aromatic heterocycles. The van der Waals surface area contributed by atoms with E-state index in [4.69, 9.17) is 0 Å². The van der Waals surface area contributed by atoms with Crippen LogP contribution >= 0.6 is 0 Å². The lowest BCUT2D eigenvalue weighted by molar-refractivity contribution is -0.137. The molecular formula is C13H24N2O. The van der Waals surface area contributed by atoms with Gasteiger partial charge in [0.05, 0.1) is 6.04 Å². The van der Waals surface area contributed by atoms with Gasteiger partial charge in [0.15, 0.2) is 0 Å². The molecule has 0 aromatic carbocycles. The number of amides is 1. The van der Waals surface area contributed by atoms with Gasteiger partial charge in [0.2, 0.25) is 5.91 Å². The van der Waals surface area contributed by atoms with E-state index >= 15 is 0 Å². The van der Waals surface area contributed by atoms with E-state index < -0.39 is 0 Å². The normalized spacial score (nSPS) is 35.4. The summed E-state index contributed by atoms with van der Waals surface area (Å²) in [6.07, 6.45) is 6.06. The number of hydrogen-bond acceptors (Lipinski definition) is 2. The Hall–Kier alpha value is -0.570. The van der Waals surface area contributed by atoms with Gasteiger partial charge in [-0.2, -0.15) is 0 Å². The van der Waals surface area contributed by atoms with Crippen molar-refractivity contribution < 1.29 is 4.79 Å². The number of likely N-dealkylation sites (N-methyl/N-ethyl adjacent to an activating group) is 1. The van der Waals surface area contributed by atoms with E-state index in [0.29, 0.717) is 18.0 Å². The average molecular weight is 224 g/mol. The van der Waals surface area contributed by atoms with Crippen LogP contribution in [0.3, 0.4) is 0 Å². The second-order valence-corrected chi connectivity index (χ2v) is 5.52. The zero-order valence-electron chi connectivity index (χ0n) is 10.7. The van der Waals surface area contributed by atoms with E-state index in [2.05, 4.69) is 24.1 Å². The Labute approximate surface area is 98.6 Å². The van der Waals surface area contributed by atoms with Crippen LogP contribution in [0.4, 0.5) is 0 Å². The highest BCUT2D eigenvalue weighted by molar-refractivity contribution is 5.82. The van der Waals surface area contributed by atoms with Crippen molar-refractivity contribution in [1.29, 1.82) is 0 Å². The standard InChI is InChI=1S/C13H24N2O/c1-9(2)15-12-6-4-5-10(12)7-8-11(14-3)13(15)16/h9-12,14H,4-8H2,1-3H3. The quantitative estimate of drug-likeness (QED) is 0.775. The smallest absolute Gasteiger partial charge is 0.240 e. The number of nitrogens with one attached hydrogen (secondary N) is 1. The largest absolute Gasteiger partial charge is 0.336 e. The van der Waals surface area contributed by atoms with Crippen LogP contribution in [-0.4, -0.2) is 36.0 Å². The maximum absolute atomic E-state index is 12.4. The van der Waals surface area contributed by atoms with Gasteiger partial charge in [0.25, 0.3) is 0 Å². The van der Waals surface area contributed by atoms with Gasteiger partial charge in [0, 0.05) is 12.1 Å². The minimum Gasteiger partial charge on any atom is -0.336 e. The van der Waals surface area contributed by atoms with Crippen molar-refractivity contribution in [2.24, 2.45) is 5.92 Å². The number of rotatable bonds is 2. The van der Waals surface area contributed by atoms with Crippen LogP contribution < -0.4 is 5.32 Å². The molecule has 3 nitrogen and oxygen atoms in total. The lowest BCUT2D eigenvalue weighted by atomic mass is 9.97. The van der Waals surface area contributed by atoms with E-state index in [1.165, 1.54) is 25.7 Å². The Morgan fingerprint density at radius 2 is 2.00 bits per heavy atom. The zero-order chi connectivity index (χ0) is 11.7. The van der Waals surface area contributed by atoms with Gasteiger partial charge >= 0.3 is 0 Å². The van der Waals surface area contributed by atoms with Gasteiger partial charge in [-0.3, -0.25) is 4.79 Å². The molecule has 1 aliphatic carbocycles. The first-order valence-corrected chi connectivity index (χ1v) is 6.64. The first-order chi connectivity index (χ1) is 7.65. The topological polar surface area (TPSA) is 32.3 Å². The molecular weight excluding hydrogens is 200 g/mol. The van der Waals surface area contributed by atoms with Gasteiger partial charge in [0.1, 0.15) is 0 Å². The van der Waals surface area contributed by atoms with Gasteiger partial charge in [-0.05, 0) is 52.5 Å². The number of likely N-dealkylation sites (tertiary alicyclic amines) is 1. The Morgan fingerprint density at radius 3 is 2.62 bits per heavy atom. The third kappa shape index (κ3) is 1.97. The summed E-state index contributed by atoms with van der Waals surface area (Å²) in [4.78, 5) is 14.6. The van der Waals surface area contributed by atoms with Crippen LogP contribution in [0, 0.1) is 5.92 Å². The number of carbonyl (C=O) groups is 1. The molecule has 3 atom stereocenters. The van der Waals surface area contributed by atoms with Crippen molar-refractivity contribution in [3.63, 3.8) is 0 Å². The molecule has 1 N–H and O–H groups in total. The summed E-state index contributed by atoms with van der Waals surface area (Å²) in [6.45, 7) is 4.29. The van der Waals surface area contributed by atoms with Crippen LogP contribution in [0.1, 0.15) is 46.0 Å². The minimum atomic E-state index is 0.0491. The SMILES string of the molecule is CNC1CCC2CCCC2N(C(C)C)C1=O.